The van der Waals surface area contributed by atoms with Gasteiger partial charge in [-0.05, 0) is 0 Å². The Morgan fingerprint density at radius 1 is 1.43 bits per heavy atom. The fourth-order valence-corrected chi connectivity index (χ4v) is 0.933. The molecule has 0 saturated heterocycles. The zero-order valence-electron chi connectivity index (χ0n) is 7.08. The van der Waals surface area contributed by atoms with E-state index in [2.05, 4.69) is 0 Å². The third kappa shape index (κ3) is 6.55. The van der Waals surface area contributed by atoms with Gasteiger partial charge >= 0.3 is 13.6 Å². The van der Waals surface area contributed by atoms with Gasteiger partial charge in [0, 0.05) is 0 Å². The molecule has 14 heavy (non-hydrogen) atoms. The van der Waals surface area contributed by atoms with Crippen molar-refractivity contribution < 1.29 is 29.0 Å². The van der Waals surface area contributed by atoms with Crippen molar-refractivity contribution in [2.45, 2.75) is 12.5 Å². The molecular weight excluding hydrogens is 215 g/mol. The Labute approximate surface area is 79.3 Å². The highest BCUT2D eigenvalue weighted by molar-refractivity contribution is 7.51. The van der Waals surface area contributed by atoms with E-state index in [1.54, 1.807) is 0 Å². The van der Waals surface area contributed by atoms with Gasteiger partial charge in [0.2, 0.25) is 5.91 Å². The monoisotopic (exact) mass is 226 g/mol. The number of carboxylic acid groups (broad SMARTS) is 1. The first-order chi connectivity index (χ1) is 6.22. The molecule has 82 valence electrons. The third-order valence-corrected chi connectivity index (χ3v) is 1.77. The van der Waals surface area contributed by atoms with Gasteiger partial charge in [-0.25, -0.2) is 0 Å². The van der Waals surface area contributed by atoms with Crippen LogP contribution in [0.5, 0.6) is 0 Å². The third-order valence-electron chi connectivity index (χ3n) is 1.20. The minimum atomic E-state index is -4.31. The summed E-state index contributed by atoms with van der Waals surface area (Å²) in [6, 6.07) is -1.37. The Morgan fingerprint density at radius 2 is 1.93 bits per heavy atom. The van der Waals surface area contributed by atoms with Gasteiger partial charge in [-0.15, -0.1) is 0 Å². The van der Waals surface area contributed by atoms with Crippen molar-refractivity contribution in [1.29, 1.82) is 0 Å². The van der Waals surface area contributed by atoms with Gasteiger partial charge in [-0.1, -0.05) is 0 Å². The first-order valence-corrected chi connectivity index (χ1v) is 5.32. The van der Waals surface area contributed by atoms with Gasteiger partial charge in [0.15, 0.2) is 0 Å². The van der Waals surface area contributed by atoms with Crippen molar-refractivity contribution in [3.8, 4) is 0 Å². The highest BCUT2D eigenvalue weighted by Crippen LogP contribution is 2.31. The van der Waals surface area contributed by atoms with Gasteiger partial charge in [0.25, 0.3) is 0 Å². The number of carbonyl (C=O) groups excluding carboxylic acids is 1. The van der Waals surface area contributed by atoms with Crippen molar-refractivity contribution in [2.24, 2.45) is 5.73 Å². The molecular formula is C5H11N2O6P. The lowest BCUT2D eigenvalue weighted by Crippen LogP contribution is -2.37. The van der Waals surface area contributed by atoms with E-state index >= 15 is 0 Å². The molecule has 0 aromatic rings. The normalized spacial score (nSPS) is 13.4. The standard InChI is InChI=1S/C5H11N2O6P/c6-3(5(9)10)1-4(8)7-2-14(11,12)13/h3H,1-2,6H2,(H,7,8)(H,9,10)(H2,11,12,13)/t3-/m1/s1. The van der Waals surface area contributed by atoms with Crippen LogP contribution in [0.2, 0.25) is 0 Å². The lowest BCUT2D eigenvalue weighted by atomic mass is 10.2. The SMILES string of the molecule is N[C@H](CC(=O)NCP(=O)(O)O)C(=O)O. The van der Waals surface area contributed by atoms with Crippen LogP contribution in [0.1, 0.15) is 6.42 Å². The van der Waals surface area contributed by atoms with Crippen molar-refractivity contribution in [2.75, 3.05) is 6.29 Å². The molecule has 0 rings (SSSR count). The lowest BCUT2D eigenvalue weighted by molar-refractivity contribution is -0.140. The Kier molecular flexibility index (Phi) is 4.72. The van der Waals surface area contributed by atoms with Crippen LogP contribution >= 0.6 is 7.60 Å². The van der Waals surface area contributed by atoms with Gasteiger partial charge in [0.05, 0.1) is 6.42 Å². The molecule has 0 aliphatic heterocycles. The molecule has 6 N–H and O–H groups in total. The van der Waals surface area contributed by atoms with Crippen LogP contribution in [-0.4, -0.2) is 39.1 Å². The number of nitrogens with two attached hydrogens (primary N) is 1. The largest absolute Gasteiger partial charge is 0.480 e. The van der Waals surface area contributed by atoms with Crippen molar-refractivity contribution >= 4 is 19.5 Å². The summed E-state index contributed by atoms with van der Waals surface area (Å²) < 4.78 is 10.3. The minimum absolute atomic E-state index is 0.519. The van der Waals surface area contributed by atoms with Crippen LogP contribution in [0, 0.1) is 0 Å². The average molecular weight is 226 g/mol. The van der Waals surface area contributed by atoms with Crippen LogP contribution in [0.15, 0.2) is 0 Å². The predicted molar refractivity (Wildman–Crippen MR) is 45.3 cm³/mol. The zero-order valence-corrected chi connectivity index (χ0v) is 7.98. The van der Waals surface area contributed by atoms with E-state index in [0.717, 1.165) is 0 Å². The van der Waals surface area contributed by atoms with E-state index in [1.165, 1.54) is 0 Å². The van der Waals surface area contributed by atoms with E-state index in [1.807, 2.05) is 5.32 Å². The summed E-state index contributed by atoms with van der Waals surface area (Å²) in [6.07, 6.45) is -1.34. The topological polar surface area (TPSA) is 150 Å². The quantitative estimate of drug-likeness (QED) is 0.341. The second-order valence-electron chi connectivity index (χ2n) is 2.57. The Morgan fingerprint density at radius 3 is 2.29 bits per heavy atom. The number of hydrogen-bond donors (Lipinski definition) is 5. The first-order valence-electron chi connectivity index (χ1n) is 3.52. The van der Waals surface area contributed by atoms with E-state index in [-0.39, 0.29) is 0 Å². The summed E-state index contributed by atoms with van der Waals surface area (Å²) in [5.41, 5.74) is 5.00. The molecule has 0 saturated carbocycles. The summed E-state index contributed by atoms with van der Waals surface area (Å²) in [6.45, 7) is 0. The van der Waals surface area contributed by atoms with Gasteiger partial charge in [-0.2, -0.15) is 0 Å². The van der Waals surface area contributed by atoms with E-state index in [9.17, 15) is 14.2 Å². The zero-order chi connectivity index (χ0) is 11.4. The second-order valence-corrected chi connectivity index (χ2v) is 4.22. The predicted octanol–water partition coefficient (Wildman–Crippen LogP) is -1.96. The number of amides is 1. The van der Waals surface area contributed by atoms with E-state index in [4.69, 9.17) is 20.6 Å². The Bertz CT molecular complexity index is 273. The van der Waals surface area contributed by atoms with Gasteiger partial charge in [-0.3, -0.25) is 14.2 Å². The molecule has 0 fully saturated rings. The molecule has 0 heterocycles. The first kappa shape index (κ1) is 13.1. The maximum atomic E-state index is 10.8. The van der Waals surface area contributed by atoms with E-state index in [0.29, 0.717) is 0 Å². The molecule has 9 heteroatoms. The maximum absolute atomic E-state index is 10.8. The second kappa shape index (κ2) is 5.06. The molecule has 0 bridgehead atoms. The molecule has 0 unspecified atom stereocenters. The van der Waals surface area contributed by atoms with Gasteiger partial charge in [0.1, 0.15) is 12.3 Å². The van der Waals surface area contributed by atoms with Crippen molar-refractivity contribution in [3.63, 3.8) is 0 Å². The fourth-order valence-electron chi connectivity index (χ4n) is 0.550. The fraction of sp³-hybridized carbons (Fsp3) is 0.600. The molecule has 1 amide bonds. The summed E-state index contributed by atoms with van der Waals surface area (Å²) in [5.74, 6) is -2.17. The van der Waals surface area contributed by atoms with Crippen LogP contribution in [0.4, 0.5) is 0 Å². The van der Waals surface area contributed by atoms with Crippen LogP contribution < -0.4 is 11.1 Å². The summed E-state index contributed by atoms with van der Waals surface area (Å²) in [4.78, 5) is 37.7. The van der Waals surface area contributed by atoms with Crippen LogP contribution in [-0.2, 0) is 14.2 Å². The molecule has 0 aliphatic carbocycles. The molecule has 8 nitrogen and oxygen atoms in total. The summed E-state index contributed by atoms with van der Waals surface area (Å²) in [7, 11) is -4.31. The van der Waals surface area contributed by atoms with Crippen LogP contribution in [0.3, 0.4) is 0 Å². The number of hydrogen-bond acceptors (Lipinski definition) is 4. The Hall–Kier alpha value is -0.950. The number of rotatable bonds is 5. The maximum Gasteiger partial charge on any atom is 0.344 e. The highest BCUT2D eigenvalue weighted by Gasteiger charge is 2.19. The number of aliphatic carboxylic acids is 1. The Balaban J connectivity index is 3.89. The molecule has 0 aromatic heterocycles. The van der Waals surface area contributed by atoms with E-state index < -0.39 is 38.2 Å². The molecule has 0 aliphatic rings. The minimum Gasteiger partial charge on any atom is -0.480 e. The van der Waals surface area contributed by atoms with Gasteiger partial charge < -0.3 is 25.9 Å². The smallest absolute Gasteiger partial charge is 0.344 e. The van der Waals surface area contributed by atoms with Crippen molar-refractivity contribution in [1.82, 2.24) is 5.32 Å². The number of carbonyl (C=O) groups is 2. The molecule has 1 atom stereocenters. The van der Waals surface area contributed by atoms with Crippen molar-refractivity contribution in [3.05, 3.63) is 0 Å². The average Bonchev–Trinajstić information content (AvgIpc) is 1.99. The molecule has 0 radical (unpaired) electrons. The number of nitrogens with one attached hydrogen (secondary N) is 1. The highest BCUT2D eigenvalue weighted by atomic mass is 31.2. The van der Waals surface area contributed by atoms with Crippen LogP contribution in [0.25, 0.3) is 0 Å². The summed E-state index contributed by atoms with van der Waals surface area (Å²) >= 11 is 0. The lowest BCUT2D eigenvalue weighted by Gasteiger charge is -2.08. The summed E-state index contributed by atoms with van der Waals surface area (Å²) in [5, 5.41) is 10.2. The molecule has 0 spiro atoms. The molecule has 0 aromatic carbocycles. The number of carboxylic acids is 1.